The fourth-order valence-corrected chi connectivity index (χ4v) is 2.41. The Morgan fingerprint density at radius 2 is 1.29 bits per heavy atom. The molecule has 0 atom stereocenters. The average Bonchev–Trinajstić information content (AvgIpc) is 2.11. The van der Waals surface area contributed by atoms with Gasteiger partial charge < -0.3 is 1.43 Å². The summed E-state index contributed by atoms with van der Waals surface area (Å²) in [5, 5.41) is 0. The van der Waals surface area contributed by atoms with Gasteiger partial charge >= 0.3 is 91.1 Å². The van der Waals surface area contributed by atoms with Crippen LogP contribution in [0, 0.1) is 0 Å². The molecule has 0 bridgehead atoms. The Bertz CT molecular complexity index is 226. The summed E-state index contributed by atoms with van der Waals surface area (Å²) in [7, 11) is 0. The SMILES string of the molecule is CC=CC=[C](C)[Ti][C](C)=CC=CC.Cl.[H-]. The van der Waals surface area contributed by atoms with Crippen LogP contribution in [0.1, 0.15) is 29.1 Å². The standard InChI is InChI=1S/2C6H9.ClH.Ti.H/c2*1-3-5-6-4-2;;;/h2*3,5-6H,1-2H3;1H;;/q;;;;-1. The molecule has 0 aliphatic rings. The number of hydrogen-bond donors (Lipinski definition) is 0. The third-order valence-corrected chi connectivity index (χ3v) is 3.22. The minimum atomic E-state index is -0.0383. The minimum absolute atomic E-state index is 0. The molecule has 0 spiro atoms. The van der Waals surface area contributed by atoms with Gasteiger partial charge in [0.2, 0.25) is 0 Å². The van der Waals surface area contributed by atoms with Crippen LogP contribution in [0.3, 0.4) is 0 Å². The first kappa shape index (κ1) is 16.4. The molecule has 0 aliphatic heterocycles. The van der Waals surface area contributed by atoms with Crippen molar-refractivity contribution in [1.29, 1.82) is 0 Å². The molecular formula is C12H20ClTi-. The van der Waals surface area contributed by atoms with E-state index in [0.29, 0.717) is 0 Å². The molecule has 0 saturated heterocycles. The van der Waals surface area contributed by atoms with Crippen LogP contribution in [0.4, 0.5) is 0 Å². The molecule has 0 amide bonds. The van der Waals surface area contributed by atoms with Gasteiger partial charge in [0.1, 0.15) is 0 Å². The topological polar surface area (TPSA) is 0 Å². The van der Waals surface area contributed by atoms with E-state index in [4.69, 9.17) is 0 Å². The molecule has 14 heavy (non-hydrogen) atoms. The average molecular weight is 248 g/mol. The summed E-state index contributed by atoms with van der Waals surface area (Å²) in [5.74, 6) is 0. The second kappa shape index (κ2) is 11.0. The Morgan fingerprint density at radius 1 is 0.929 bits per heavy atom. The number of halogens is 1. The van der Waals surface area contributed by atoms with E-state index < -0.39 is 0 Å². The number of rotatable bonds is 4. The zero-order valence-corrected chi connectivity index (χ0v) is 11.8. The fraction of sp³-hybridized carbons (Fsp3) is 0.333. The van der Waals surface area contributed by atoms with Gasteiger partial charge in [0.25, 0.3) is 0 Å². The summed E-state index contributed by atoms with van der Waals surface area (Å²) in [6.45, 7) is 8.53. The zero-order valence-electron chi connectivity index (χ0n) is 10.4. The molecule has 2 heteroatoms. The normalized spacial score (nSPS) is 13.4. The first-order chi connectivity index (χ1) is 6.20. The monoisotopic (exact) mass is 247 g/mol. The van der Waals surface area contributed by atoms with Crippen molar-refractivity contribution >= 4 is 12.4 Å². The molecule has 0 aliphatic carbocycles. The summed E-state index contributed by atoms with van der Waals surface area (Å²) < 4.78 is 3.05. The van der Waals surface area contributed by atoms with Crippen LogP contribution in [-0.2, 0) is 19.2 Å². The predicted molar refractivity (Wildman–Crippen MR) is 65.5 cm³/mol. The zero-order chi connectivity index (χ0) is 10.1. The van der Waals surface area contributed by atoms with Crippen LogP contribution in [0.25, 0.3) is 0 Å². The minimum Gasteiger partial charge on any atom is -1.00 e. The molecule has 0 aromatic carbocycles. The molecule has 0 unspecified atom stereocenters. The smallest absolute Gasteiger partial charge is 0.147 e. The second-order valence-electron chi connectivity index (χ2n) is 2.88. The maximum Gasteiger partial charge on any atom is -0.147 e. The third kappa shape index (κ3) is 10.0. The molecule has 0 nitrogen and oxygen atoms in total. The van der Waals surface area contributed by atoms with Gasteiger partial charge in [0, 0.05) is 0 Å². The molecule has 0 N–H and O–H groups in total. The fourth-order valence-electron chi connectivity index (χ4n) is 0.875. The molecule has 0 aromatic rings. The first-order valence-electron chi connectivity index (χ1n) is 4.57. The van der Waals surface area contributed by atoms with Crippen molar-refractivity contribution in [2.45, 2.75) is 27.7 Å². The van der Waals surface area contributed by atoms with Crippen molar-refractivity contribution in [1.82, 2.24) is 0 Å². The Labute approximate surface area is 105 Å². The van der Waals surface area contributed by atoms with Crippen LogP contribution in [0.5, 0.6) is 0 Å². The summed E-state index contributed by atoms with van der Waals surface area (Å²) in [4.78, 5) is 0. The van der Waals surface area contributed by atoms with E-state index in [2.05, 4.69) is 50.3 Å². The van der Waals surface area contributed by atoms with Gasteiger partial charge in [-0.25, -0.2) is 0 Å². The van der Waals surface area contributed by atoms with Gasteiger partial charge in [-0.15, -0.1) is 12.4 Å². The molecular weight excluding hydrogens is 227 g/mol. The van der Waals surface area contributed by atoms with E-state index in [1.807, 2.05) is 13.8 Å². The molecule has 0 radical (unpaired) electrons. The predicted octanol–water partition coefficient (Wildman–Crippen LogP) is 4.56. The van der Waals surface area contributed by atoms with Crippen LogP contribution in [0.2, 0.25) is 0 Å². The van der Waals surface area contributed by atoms with E-state index in [1.165, 1.54) is 7.76 Å². The maximum atomic E-state index is 2.22. The molecule has 0 saturated carbocycles. The summed E-state index contributed by atoms with van der Waals surface area (Å²) in [6.07, 6.45) is 12.8. The molecule has 0 heterocycles. The van der Waals surface area contributed by atoms with Gasteiger partial charge in [-0.05, 0) is 0 Å². The van der Waals surface area contributed by atoms with Gasteiger partial charge in [-0.3, -0.25) is 0 Å². The summed E-state index contributed by atoms with van der Waals surface area (Å²) in [6, 6.07) is 0. The van der Waals surface area contributed by atoms with E-state index in [9.17, 15) is 0 Å². The Balaban J connectivity index is -0.000000720. The number of hydrogen-bond acceptors (Lipinski definition) is 0. The number of allylic oxidation sites excluding steroid dienone is 8. The van der Waals surface area contributed by atoms with Gasteiger partial charge in [-0.1, -0.05) is 0 Å². The van der Waals surface area contributed by atoms with Crippen LogP contribution in [0.15, 0.2) is 44.2 Å². The van der Waals surface area contributed by atoms with Crippen LogP contribution < -0.4 is 0 Å². The molecule has 80 valence electrons. The van der Waals surface area contributed by atoms with Gasteiger partial charge in [0.05, 0.1) is 0 Å². The van der Waals surface area contributed by atoms with Crippen molar-refractivity contribution in [2.24, 2.45) is 0 Å². The van der Waals surface area contributed by atoms with E-state index in [-0.39, 0.29) is 33.0 Å². The van der Waals surface area contributed by atoms with E-state index in [0.717, 1.165) is 0 Å². The van der Waals surface area contributed by atoms with Crippen molar-refractivity contribution in [3.05, 3.63) is 44.2 Å². The van der Waals surface area contributed by atoms with Crippen molar-refractivity contribution in [3.63, 3.8) is 0 Å². The van der Waals surface area contributed by atoms with E-state index >= 15 is 0 Å². The van der Waals surface area contributed by atoms with Crippen molar-refractivity contribution < 1.29 is 20.6 Å². The van der Waals surface area contributed by atoms with Crippen LogP contribution in [-0.4, -0.2) is 0 Å². The molecule has 0 rings (SSSR count). The molecule has 0 fully saturated rings. The first-order valence-corrected chi connectivity index (χ1v) is 6.13. The van der Waals surface area contributed by atoms with Crippen molar-refractivity contribution in [2.75, 3.05) is 0 Å². The quantitative estimate of drug-likeness (QED) is 0.504. The Morgan fingerprint density at radius 3 is 1.57 bits per heavy atom. The van der Waals surface area contributed by atoms with E-state index in [1.54, 1.807) is 0 Å². The largest absolute Gasteiger partial charge is 1.00 e. The van der Waals surface area contributed by atoms with Crippen LogP contribution >= 0.6 is 12.4 Å². The molecule has 0 aromatic heterocycles. The Kier molecular flexibility index (Phi) is 12.9. The summed E-state index contributed by atoms with van der Waals surface area (Å²) in [5.41, 5.74) is 0. The second-order valence-corrected chi connectivity index (χ2v) is 5.73. The van der Waals surface area contributed by atoms with Gasteiger partial charge in [0.15, 0.2) is 0 Å². The van der Waals surface area contributed by atoms with Crippen molar-refractivity contribution in [3.8, 4) is 0 Å². The van der Waals surface area contributed by atoms with Gasteiger partial charge in [-0.2, -0.15) is 0 Å². The maximum absolute atomic E-state index is 2.22. The third-order valence-electron chi connectivity index (χ3n) is 1.47. The summed E-state index contributed by atoms with van der Waals surface area (Å²) >= 11 is -0.0383. The Hall–Kier alpha value is -0.0357.